The quantitative estimate of drug-likeness (QED) is 0.787. The summed E-state index contributed by atoms with van der Waals surface area (Å²) in [7, 11) is 0. The minimum Gasteiger partial charge on any atom is -0.356 e. The minimum atomic E-state index is -0.0345. The van der Waals surface area contributed by atoms with Crippen molar-refractivity contribution in [3.05, 3.63) is 29.0 Å². The molecule has 2 saturated heterocycles. The van der Waals surface area contributed by atoms with Crippen LogP contribution in [0.1, 0.15) is 61.4 Å². The fraction of sp³-hybridized carbons (Fsp3) is 0.636. The molecule has 2 aliphatic rings. The zero-order valence-corrected chi connectivity index (χ0v) is 17.9. The lowest BCUT2D eigenvalue weighted by atomic mass is 9.99. The molecule has 1 atom stereocenters. The van der Waals surface area contributed by atoms with Crippen LogP contribution in [0.3, 0.4) is 0 Å². The van der Waals surface area contributed by atoms with Gasteiger partial charge in [-0.05, 0) is 65.5 Å². The van der Waals surface area contributed by atoms with E-state index in [1.165, 1.54) is 12.8 Å². The summed E-state index contributed by atoms with van der Waals surface area (Å²) in [6.07, 6.45) is 6.08. The van der Waals surface area contributed by atoms with E-state index in [9.17, 15) is 4.79 Å². The molecular weight excluding hydrogens is 366 g/mol. The molecule has 29 heavy (non-hydrogen) atoms. The Morgan fingerprint density at radius 1 is 1.17 bits per heavy atom. The van der Waals surface area contributed by atoms with Crippen LogP contribution in [0.2, 0.25) is 0 Å². The SMILES string of the molecule is Cc1ncc(-c2onc(C)c2C)c([C@H]2CCCN2C(=O)CN2CCC(C)CC2)n1. The highest BCUT2D eigenvalue weighted by molar-refractivity contribution is 5.79. The summed E-state index contributed by atoms with van der Waals surface area (Å²) in [5.74, 6) is 2.39. The summed E-state index contributed by atoms with van der Waals surface area (Å²) in [4.78, 5) is 26.7. The summed E-state index contributed by atoms with van der Waals surface area (Å²) < 4.78 is 5.61. The molecule has 4 heterocycles. The van der Waals surface area contributed by atoms with Crippen molar-refractivity contribution in [1.29, 1.82) is 0 Å². The number of amides is 1. The molecule has 2 fully saturated rings. The Labute approximate surface area is 172 Å². The molecule has 7 nitrogen and oxygen atoms in total. The van der Waals surface area contributed by atoms with Crippen molar-refractivity contribution in [2.75, 3.05) is 26.2 Å². The molecule has 0 N–H and O–H groups in total. The highest BCUT2D eigenvalue weighted by Gasteiger charge is 2.35. The van der Waals surface area contributed by atoms with E-state index in [1.54, 1.807) is 0 Å². The van der Waals surface area contributed by atoms with E-state index in [0.717, 1.165) is 60.9 Å². The molecule has 2 aliphatic heterocycles. The van der Waals surface area contributed by atoms with Crippen LogP contribution in [-0.4, -0.2) is 57.0 Å². The summed E-state index contributed by atoms with van der Waals surface area (Å²) in [6, 6.07) is -0.0345. The maximum atomic E-state index is 13.2. The number of aromatic nitrogens is 3. The van der Waals surface area contributed by atoms with Crippen molar-refractivity contribution in [3.8, 4) is 11.3 Å². The number of nitrogens with zero attached hydrogens (tertiary/aromatic N) is 5. The molecule has 0 aliphatic carbocycles. The molecule has 4 rings (SSSR count). The van der Waals surface area contributed by atoms with Gasteiger partial charge in [0.25, 0.3) is 0 Å². The summed E-state index contributed by atoms with van der Waals surface area (Å²) in [5.41, 5.74) is 3.60. The first-order chi connectivity index (χ1) is 13.9. The molecular formula is C22H31N5O2. The first-order valence-corrected chi connectivity index (χ1v) is 10.7. The minimum absolute atomic E-state index is 0.0345. The van der Waals surface area contributed by atoms with Gasteiger partial charge >= 0.3 is 0 Å². The fourth-order valence-corrected chi connectivity index (χ4v) is 4.43. The molecule has 2 aromatic rings. The number of rotatable bonds is 4. The molecule has 7 heteroatoms. The first-order valence-electron chi connectivity index (χ1n) is 10.7. The van der Waals surface area contributed by atoms with Gasteiger partial charge in [-0.15, -0.1) is 0 Å². The molecule has 156 valence electrons. The molecule has 0 saturated carbocycles. The average molecular weight is 398 g/mol. The van der Waals surface area contributed by atoms with Gasteiger partial charge in [-0.3, -0.25) is 9.69 Å². The monoisotopic (exact) mass is 397 g/mol. The number of likely N-dealkylation sites (tertiary alicyclic amines) is 2. The second-order valence-electron chi connectivity index (χ2n) is 8.64. The second kappa shape index (κ2) is 8.22. The highest BCUT2D eigenvalue weighted by Crippen LogP contribution is 2.38. The van der Waals surface area contributed by atoms with Gasteiger partial charge in [-0.1, -0.05) is 12.1 Å². The lowest BCUT2D eigenvalue weighted by Gasteiger charge is -2.32. The molecule has 0 bridgehead atoms. The maximum absolute atomic E-state index is 13.2. The van der Waals surface area contributed by atoms with Crippen LogP contribution in [0.5, 0.6) is 0 Å². The van der Waals surface area contributed by atoms with Crippen molar-refractivity contribution < 1.29 is 9.32 Å². The van der Waals surface area contributed by atoms with E-state index in [2.05, 4.69) is 22.0 Å². The van der Waals surface area contributed by atoms with E-state index >= 15 is 0 Å². The average Bonchev–Trinajstić information content (AvgIpc) is 3.31. The Hall–Kier alpha value is -2.28. The van der Waals surface area contributed by atoms with Crippen molar-refractivity contribution in [2.24, 2.45) is 5.92 Å². The van der Waals surface area contributed by atoms with E-state index in [-0.39, 0.29) is 11.9 Å². The third kappa shape index (κ3) is 4.06. The number of aryl methyl sites for hydroxylation is 2. The van der Waals surface area contributed by atoms with Gasteiger partial charge in [0, 0.05) is 18.3 Å². The van der Waals surface area contributed by atoms with Gasteiger partial charge in [0.2, 0.25) is 5.91 Å². The molecule has 0 unspecified atom stereocenters. The van der Waals surface area contributed by atoms with E-state index in [0.29, 0.717) is 18.1 Å². The molecule has 0 radical (unpaired) electrons. The molecule has 1 amide bonds. The van der Waals surface area contributed by atoms with Crippen molar-refractivity contribution in [1.82, 2.24) is 24.9 Å². The summed E-state index contributed by atoms with van der Waals surface area (Å²) >= 11 is 0. The van der Waals surface area contributed by atoms with Crippen molar-refractivity contribution in [3.63, 3.8) is 0 Å². The number of carbonyl (C=O) groups excluding carboxylic acids is 1. The van der Waals surface area contributed by atoms with Gasteiger partial charge in [-0.25, -0.2) is 9.97 Å². The van der Waals surface area contributed by atoms with Gasteiger partial charge in [-0.2, -0.15) is 0 Å². The zero-order chi connectivity index (χ0) is 20.5. The van der Waals surface area contributed by atoms with Crippen molar-refractivity contribution in [2.45, 2.75) is 59.4 Å². The molecule has 0 aromatic carbocycles. The third-order valence-electron chi connectivity index (χ3n) is 6.46. The standard InChI is InChI=1S/C22H31N5O2/c1-14-7-10-26(11-8-14)13-20(28)27-9-5-6-19(27)21-18(12-23-17(4)24-21)22-15(2)16(3)25-29-22/h12,14,19H,5-11,13H2,1-4H3/t19-/m1/s1. The van der Waals surface area contributed by atoms with E-state index in [4.69, 9.17) is 9.51 Å². The highest BCUT2D eigenvalue weighted by atomic mass is 16.5. The van der Waals surface area contributed by atoms with Gasteiger partial charge in [0.1, 0.15) is 5.82 Å². The molecule has 2 aromatic heterocycles. The first kappa shape index (κ1) is 20.0. The normalized spacial score (nSPS) is 21.1. The smallest absolute Gasteiger partial charge is 0.237 e. The molecule has 0 spiro atoms. The van der Waals surface area contributed by atoms with E-state index < -0.39 is 0 Å². The van der Waals surface area contributed by atoms with Crippen LogP contribution in [0.15, 0.2) is 10.7 Å². The Morgan fingerprint density at radius 2 is 1.93 bits per heavy atom. The Bertz CT molecular complexity index is 885. The van der Waals surface area contributed by atoms with Crippen LogP contribution >= 0.6 is 0 Å². The van der Waals surface area contributed by atoms with Crippen LogP contribution < -0.4 is 0 Å². The largest absolute Gasteiger partial charge is 0.356 e. The predicted octanol–water partition coefficient (Wildman–Crippen LogP) is 3.45. The third-order valence-corrected chi connectivity index (χ3v) is 6.46. The zero-order valence-electron chi connectivity index (χ0n) is 17.9. The Morgan fingerprint density at radius 3 is 2.62 bits per heavy atom. The summed E-state index contributed by atoms with van der Waals surface area (Å²) in [6.45, 7) is 11.4. The lowest BCUT2D eigenvalue weighted by molar-refractivity contribution is -0.133. The van der Waals surface area contributed by atoms with Crippen LogP contribution in [0, 0.1) is 26.7 Å². The number of hydrogen-bond donors (Lipinski definition) is 0. The number of hydrogen-bond acceptors (Lipinski definition) is 6. The Kier molecular flexibility index (Phi) is 5.67. The lowest BCUT2D eigenvalue weighted by Crippen LogP contribution is -2.43. The fourth-order valence-electron chi connectivity index (χ4n) is 4.43. The van der Waals surface area contributed by atoms with Crippen LogP contribution in [0.4, 0.5) is 0 Å². The number of piperidine rings is 1. The summed E-state index contributed by atoms with van der Waals surface area (Å²) in [5, 5.41) is 4.10. The van der Waals surface area contributed by atoms with Crippen molar-refractivity contribution >= 4 is 5.91 Å². The Balaban J connectivity index is 1.59. The second-order valence-corrected chi connectivity index (χ2v) is 8.64. The van der Waals surface area contributed by atoms with Crippen LogP contribution in [-0.2, 0) is 4.79 Å². The predicted molar refractivity (Wildman–Crippen MR) is 110 cm³/mol. The van der Waals surface area contributed by atoms with Gasteiger partial charge in [0.05, 0.1) is 29.5 Å². The van der Waals surface area contributed by atoms with Gasteiger partial charge < -0.3 is 9.42 Å². The van der Waals surface area contributed by atoms with Gasteiger partial charge in [0.15, 0.2) is 5.76 Å². The topological polar surface area (TPSA) is 75.4 Å². The van der Waals surface area contributed by atoms with Crippen LogP contribution in [0.25, 0.3) is 11.3 Å². The number of carbonyl (C=O) groups is 1. The maximum Gasteiger partial charge on any atom is 0.237 e. The van der Waals surface area contributed by atoms with E-state index in [1.807, 2.05) is 31.9 Å².